The Morgan fingerprint density at radius 3 is 3.16 bits per heavy atom. The molecule has 0 spiro atoms. The Labute approximate surface area is 113 Å². The average molecular weight is 256 g/mol. The van der Waals surface area contributed by atoms with Crippen LogP contribution in [0.25, 0.3) is 10.9 Å². The van der Waals surface area contributed by atoms with Gasteiger partial charge < -0.3 is 9.72 Å². The molecule has 100 valence electrons. The molecule has 1 N–H and O–H groups in total. The van der Waals surface area contributed by atoms with E-state index >= 15 is 0 Å². The van der Waals surface area contributed by atoms with Gasteiger partial charge in [0.15, 0.2) is 0 Å². The van der Waals surface area contributed by atoms with Crippen LogP contribution in [0, 0.1) is 0 Å². The molecule has 3 heteroatoms. The van der Waals surface area contributed by atoms with Crippen LogP contribution in [0.2, 0.25) is 0 Å². The molecule has 2 aliphatic heterocycles. The van der Waals surface area contributed by atoms with Gasteiger partial charge in [-0.05, 0) is 49.6 Å². The van der Waals surface area contributed by atoms with Gasteiger partial charge in [0.25, 0.3) is 0 Å². The van der Waals surface area contributed by atoms with E-state index in [0.29, 0.717) is 0 Å². The number of nitrogens with one attached hydrogen (secondary N) is 1. The summed E-state index contributed by atoms with van der Waals surface area (Å²) in [7, 11) is 1.74. The lowest BCUT2D eigenvalue weighted by Crippen LogP contribution is -2.30. The van der Waals surface area contributed by atoms with Gasteiger partial charge in [0.05, 0.1) is 7.11 Å². The lowest BCUT2D eigenvalue weighted by Gasteiger charge is -2.20. The molecule has 1 aromatic carbocycles. The Hall–Kier alpha value is -1.48. The fourth-order valence-corrected chi connectivity index (χ4v) is 3.78. The molecular formula is C16H20N2O. The number of hydrogen-bond acceptors (Lipinski definition) is 2. The van der Waals surface area contributed by atoms with Gasteiger partial charge >= 0.3 is 0 Å². The van der Waals surface area contributed by atoms with Crippen molar-refractivity contribution in [2.75, 3.05) is 20.2 Å². The number of aromatic amines is 1. The summed E-state index contributed by atoms with van der Waals surface area (Å²) in [5.74, 6) is 0.957. The molecule has 2 aliphatic rings. The summed E-state index contributed by atoms with van der Waals surface area (Å²) < 4.78 is 5.36. The highest BCUT2D eigenvalue weighted by atomic mass is 16.5. The summed E-state index contributed by atoms with van der Waals surface area (Å²) in [6, 6.07) is 7.13. The number of nitrogens with zero attached hydrogens (tertiary/aromatic N) is 1. The molecule has 4 rings (SSSR count). The summed E-state index contributed by atoms with van der Waals surface area (Å²) in [5.41, 5.74) is 4.23. The van der Waals surface area contributed by atoms with E-state index in [1.807, 2.05) is 6.07 Å². The fourth-order valence-electron chi connectivity index (χ4n) is 3.78. The first-order valence-electron chi connectivity index (χ1n) is 7.26. The Morgan fingerprint density at radius 1 is 1.32 bits per heavy atom. The largest absolute Gasteiger partial charge is 0.497 e. The minimum atomic E-state index is 0.760. The van der Waals surface area contributed by atoms with Gasteiger partial charge in [0, 0.05) is 35.6 Å². The topological polar surface area (TPSA) is 28.3 Å². The predicted molar refractivity (Wildman–Crippen MR) is 76.9 cm³/mol. The molecule has 0 amide bonds. The van der Waals surface area contributed by atoms with Crippen LogP contribution < -0.4 is 4.74 Å². The first-order chi connectivity index (χ1) is 9.35. The molecule has 19 heavy (non-hydrogen) atoms. The monoisotopic (exact) mass is 256 g/mol. The van der Waals surface area contributed by atoms with Gasteiger partial charge in [-0.15, -0.1) is 0 Å². The van der Waals surface area contributed by atoms with Gasteiger partial charge in [-0.2, -0.15) is 0 Å². The van der Waals surface area contributed by atoms with Crippen LogP contribution in [0.4, 0.5) is 0 Å². The number of aromatic nitrogens is 1. The standard InChI is InChI=1S/C16H20N2O/c1-19-12-4-5-15-14(10-12)13-6-8-18-7-2-3-11(18)9-16(13)17-15/h4-5,10-11,17H,2-3,6-9H2,1H3/t11-/m0/s1. The minimum Gasteiger partial charge on any atom is -0.497 e. The molecule has 0 bridgehead atoms. The van der Waals surface area contributed by atoms with Crippen molar-refractivity contribution in [1.82, 2.24) is 9.88 Å². The highest BCUT2D eigenvalue weighted by molar-refractivity contribution is 5.86. The highest BCUT2D eigenvalue weighted by Crippen LogP contribution is 2.32. The Bertz CT molecular complexity index is 616. The van der Waals surface area contributed by atoms with Gasteiger partial charge in [0.2, 0.25) is 0 Å². The quantitative estimate of drug-likeness (QED) is 0.849. The summed E-state index contributed by atoms with van der Waals surface area (Å²) in [6.45, 7) is 2.50. The molecule has 0 aliphatic carbocycles. The van der Waals surface area contributed by atoms with E-state index in [2.05, 4.69) is 22.0 Å². The van der Waals surface area contributed by atoms with E-state index in [0.717, 1.165) is 11.8 Å². The SMILES string of the molecule is COc1ccc2[nH]c3c(c2c1)CCN1CCC[C@H]1C3. The van der Waals surface area contributed by atoms with Crippen LogP contribution in [0.15, 0.2) is 18.2 Å². The van der Waals surface area contributed by atoms with Gasteiger partial charge in [-0.25, -0.2) is 0 Å². The summed E-state index contributed by atoms with van der Waals surface area (Å²) in [4.78, 5) is 6.30. The van der Waals surface area contributed by atoms with Crippen molar-refractivity contribution in [2.24, 2.45) is 0 Å². The van der Waals surface area contributed by atoms with Crippen LogP contribution in [-0.4, -0.2) is 36.1 Å². The van der Waals surface area contributed by atoms with E-state index < -0.39 is 0 Å². The molecule has 0 radical (unpaired) electrons. The number of ether oxygens (including phenoxy) is 1. The second kappa shape index (κ2) is 4.27. The van der Waals surface area contributed by atoms with Crippen molar-refractivity contribution >= 4 is 10.9 Å². The number of benzene rings is 1. The predicted octanol–water partition coefficient (Wildman–Crippen LogP) is 2.74. The highest BCUT2D eigenvalue weighted by Gasteiger charge is 2.29. The van der Waals surface area contributed by atoms with Gasteiger partial charge in [0.1, 0.15) is 5.75 Å². The lowest BCUT2D eigenvalue weighted by atomic mass is 10.0. The average Bonchev–Trinajstić information content (AvgIpc) is 2.97. The zero-order chi connectivity index (χ0) is 12.8. The molecule has 0 saturated carbocycles. The van der Waals surface area contributed by atoms with Crippen LogP contribution in [0.3, 0.4) is 0 Å². The maximum absolute atomic E-state index is 5.36. The fraction of sp³-hybridized carbons (Fsp3) is 0.500. The number of H-pyrrole nitrogens is 1. The third kappa shape index (κ3) is 1.76. The van der Waals surface area contributed by atoms with Crippen LogP contribution >= 0.6 is 0 Å². The normalized spacial score (nSPS) is 23.1. The molecule has 1 atom stereocenters. The smallest absolute Gasteiger partial charge is 0.119 e. The van der Waals surface area contributed by atoms with E-state index in [1.165, 1.54) is 60.9 Å². The second-order valence-electron chi connectivity index (χ2n) is 5.78. The van der Waals surface area contributed by atoms with Crippen molar-refractivity contribution in [3.05, 3.63) is 29.5 Å². The molecule has 1 fully saturated rings. The zero-order valence-electron chi connectivity index (χ0n) is 11.4. The van der Waals surface area contributed by atoms with E-state index in [9.17, 15) is 0 Å². The zero-order valence-corrected chi connectivity index (χ0v) is 11.4. The summed E-state index contributed by atoms with van der Waals surface area (Å²) in [6.07, 6.45) is 5.08. The molecular weight excluding hydrogens is 236 g/mol. The van der Waals surface area contributed by atoms with E-state index in [1.54, 1.807) is 7.11 Å². The van der Waals surface area contributed by atoms with E-state index in [4.69, 9.17) is 4.74 Å². The van der Waals surface area contributed by atoms with Crippen molar-refractivity contribution in [2.45, 2.75) is 31.7 Å². The Kier molecular flexibility index (Phi) is 2.55. The Balaban J connectivity index is 1.81. The van der Waals surface area contributed by atoms with Gasteiger partial charge in [-0.3, -0.25) is 4.90 Å². The van der Waals surface area contributed by atoms with Crippen LogP contribution in [0.5, 0.6) is 5.75 Å². The van der Waals surface area contributed by atoms with Crippen molar-refractivity contribution < 1.29 is 4.74 Å². The van der Waals surface area contributed by atoms with Crippen molar-refractivity contribution in [3.63, 3.8) is 0 Å². The van der Waals surface area contributed by atoms with Gasteiger partial charge in [-0.1, -0.05) is 0 Å². The molecule has 1 saturated heterocycles. The third-order valence-corrected chi connectivity index (χ3v) is 4.79. The molecule has 3 nitrogen and oxygen atoms in total. The number of hydrogen-bond donors (Lipinski definition) is 1. The molecule has 1 aromatic heterocycles. The number of fused-ring (bicyclic) bond motifs is 4. The molecule has 3 heterocycles. The summed E-state index contributed by atoms with van der Waals surface area (Å²) in [5, 5.41) is 1.36. The van der Waals surface area contributed by atoms with Crippen LogP contribution in [-0.2, 0) is 12.8 Å². The molecule has 2 aromatic rings. The first kappa shape index (κ1) is 11.4. The molecule has 0 unspecified atom stereocenters. The lowest BCUT2D eigenvalue weighted by molar-refractivity contribution is 0.263. The minimum absolute atomic E-state index is 0.760. The number of rotatable bonds is 1. The van der Waals surface area contributed by atoms with Crippen molar-refractivity contribution in [1.29, 1.82) is 0 Å². The first-order valence-corrected chi connectivity index (χ1v) is 7.26. The van der Waals surface area contributed by atoms with Crippen molar-refractivity contribution in [3.8, 4) is 5.75 Å². The number of methoxy groups -OCH3 is 1. The summed E-state index contributed by atoms with van der Waals surface area (Å²) >= 11 is 0. The maximum atomic E-state index is 5.36. The van der Waals surface area contributed by atoms with Crippen LogP contribution in [0.1, 0.15) is 24.1 Å². The maximum Gasteiger partial charge on any atom is 0.119 e. The van der Waals surface area contributed by atoms with E-state index in [-0.39, 0.29) is 0 Å². The second-order valence-corrected chi connectivity index (χ2v) is 5.78. The Morgan fingerprint density at radius 2 is 2.26 bits per heavy atom. The third-order valence-electron chi connectivity index (χ3n) is 4.79.